The van der Waals surface area contributed by atoms with Crippen molar-refractivity contribution < 1.29 is 13.6 Å². The highest BCUT2D eigenvalue weighted by molar-refractivity contribution is 9.10. The van der Waals surface area contributed by atoms with Crippen LogP contribution in [0.15, 0.2) is 34.8 Å². The molecule has 2 aromatic rings. The van der Waals surface area contributed by atoms with E-state index in [0.29, 0.717) is 4.47 Å². The number of rotatable bonds is 2. The maximum Gasteiger partial charge on any atom is 0.197 e. The Balaban J connectivity index is 2.56. The summed E-state index contributed by atoms with van der Waals surface area (Å²) in [5.74, 6) is -1.73. The highest BCUT2D eigenvalue weighted by Gasteiger charge is 2.18. The van der Waals surface area contributed by atoms with Crippen molar-refractivity contribution in [3.05, 3.63) is 68.2 Å². The van der Waals surface area contributed by atoms with E-state index < -0.39 is 17.4 Å². The van der Waals surface area contributed by atoms with Crippen LogP contribution in [0.4, 0.5) is 8.78 Å². The molecule has 0 aliphatic heterocycles. The molecule has 0 aromatic heterocycles. The van der Waals surface area contributed by atoms with Crippen LogP contribution < -0.4 is 0 Å². The fourth-order valence-corrected chi connectivity index (χ4v) is 2.25. The predicted octanol–water partition coefficient (Wildman–Crippen LogP) is 4.92. The Morgan fingerprint density at radius 3 is 2.47 bits per heavy atom. The fourth-order valence-electron chi connectivity index (χ4n) is 1.65. The summed E-state index contributed by atoms with van der Waals surface area (Å²) in [5.41, 5.74) is 0.253. The number of hydrogen-bond donors (Lipinski definition) is 0. The van der Waals surface area contributed by atoms with Crippen molar-refractivity contribution >= 4 is 33.3 Å². The molecule has 19 heavy (non-hydrogen) atoms. The molecule has 0 amide bonds. The second-order valence-electron chi connectivity index (χ2n) is 4.03. The average molecular weight is 346 g/mol. The van der Waals surface area contributed by atoms with Gasteiger partial charge in [0.15, 0.2) is 5.78 Å². The third-order valence-electron chi connectivity index (χ3n) is 2.67. The lowest BCUT2D eigenvalue weighted by Gasteiger charge is -2.07. The molecule has 0 spiro atoms. The van der Waals surface area contributed by atoms with Crippen molar-refractivity contribution in [2.75, 3.05) is 0 Å². The van der Waals surface area contributed by atoms with Gasteiger partial charge in [-0.1, -0.05) is 27.5 Å². The smallest absolute Gasteiger partial charge is 0.197 e. The van der Waals surface area contributed by atoms with Crippen LogP contribution in [-0.4, -0.2) is 5.78 Å². The molecule has 0 atom stereocenters. The number of halogens is 4. The maximum atomic E-state index is 13.7. The van der Waals surface area contributed by atoms with Gasteiger partial charge in [0, 0.05) is 10.0 Å². The summed E-state index contributed by atoms with van der Waals surface area (Å²) in [6, 6.07) is 6.41. The molecule has 2 rings (SSSR count). The monoisotopic (exact) mass is 344 g/mol. The molecule has 0 N–H and O–H groups in total. The first-order valence-corrected chi connectivity index (χ1v) is 6.52. The van der Waals surface area contributed by atoms with Gasteiger partial charge >= 0.3 is 0 Å². The van der Waals surface area contributed by atoms with Crippen LogP contribution in [0.1, 0.15) is 21.5 Å². The number of carbonyl (C=O) groups is 1. The van der Waals surface area contributed by atoms with Crippen molar-refractivity contribution in [1.29, 1.82) is 0 Å². The van der Waals surface area contributed by atoms with Crippen molar-refractivity contribution in [1.82, 2.24) is 0 Å². The van der Waals surface area contributed by atoms with Crippen molar-refractivity contribution in [3.8, 4) is 0 Å². The number of carbonyl (C=O) groups excluding carboxylic acids is 1. The van der Waals surface area contributed by atoms with E-state index in [9.17, 15) is 13.6 Å². The summed E-state index contributed by atoms with van der Waals surface area (Å²) in [4.78, 5) is 12.2. The van der Waals surface area contributed by atoms with Gasteiger partial charge in [-0.25, -0.2) is 8.78 Å². The summed E-state index contributed by atoms with van der Waals surface area (Å²) in [5, 5.41) is -0.0347. The molecular weight excluding hydrogens is 338 g/mol. The topological polar surface area (TPSA) is 17.1 Å². The predicted molar refractivity (Wildman–Crippen MR) is 73.7 cm³/mol. The van der Waals surface area contributed by atoms with E-state index >= 15 is 0 Å². The van der Waals surface area contributed by atoms with Gasteiger partial charge in [0.1, 0.15) is 11.6 Å². The van der Waals surface area contributed by atoms with E-state index in [4.69, 9.17) is 11.6 Å². The lowest BCUT2D eigenvalue weighted by atomic mass is 10.0. The van der Waals surface area contributed by atoms with Gasteiger partial charge in [-0.3, -0.25) is 4.79 Å². The SMILES string of the molecule is Cc1cc(C(=O)c2cc(Br)ccc2F)c(Cl)cc1F. The van der Waals surface area contributed by atoms with Crippen molar-refractivity contribution in [2.24, 2.45) is 0 Å². The zero-order chi connectivity index (χ0) is 14.2. The first kappa shape index (κ1) is 14.2. The number of aryl methyl sites for hydroxylation is 1. The molecule has 1 nitrogen and oxygen atoms in total. The molecule has 0 bridgehead atoms. The van der Waals surface area contributed by atoms with E-state index in [1.807, 2.05) is 0 Å². The Kier molecular flexibility index (Phi) is 4.02. The van der Waals surface area contributed by atoms with Gasteiger partial charge in [0.2, 0.25) is 0 Å². The Morgan fingerprint density at radius 2 is 1.79 bits per heavy atom. The van der Waals surface area contributed by atoms with Crippen LogP contribution in [-0.2, 0) is 0 Å². The fraction of sp³-hybridized carbons (Fsp3) is 0.0714. The maximum absolute atomic E-state index is 13.7. The lowest BCUT2D eigenvalue weighted by Crippen LogP contribution is -2.06. The van der Waals surface area contributed by atoms with Crippen molar-refractivity contribution in [3.63, 3.8) is 0 Å². The quantitative estimate of drug-likeness (QED) is 0.706. The largest absolute Gasteiger partial charge is 0.288 e. The van der Waals surface area contributed by atoms with Crippen molar-refractivity contribution in [2.45, 2.75) is 6.92 Å². The van der Waals surface area contributed by atoms with Crippen LogP contribution in [0.2, 0.25) is 5.02 Å². The zero-order valence-electron chi connectivity index (χ0n) is 9.81. The second kappa shape index (κ2) is 5.39. The van der Waals surface area contributed by atoms with Crippen LogP contribution in [0.3, 0.4) is 0 Å². The first-order chi connectivity index (χ1) is 8.90. The summed E-state index contributed by atoms with van der Waals surface area (Å²) in [6.07, 6.45) is 0. The molecule has 0 radical (unpaired) electrons. The molecular formula is C14H8BrClF2O. The minimum atomic E-state index is -0.647. The Bertz CT molecular complexity index is 671. The molecule has 0 aliphatic rings. The highest BCUT2D eigenvalue weighted by Crippen LogP contribution is 2.25. The van der Waals surface area contributed by atoms with Gasteiger partial charge < -0.3 is 0 Å². The molecule has 0 unspecified atom stereocenters. The zero-order valence-corrected chi connectivity index (χ0v) is 12.1. The van der Waals surface area contributed by atoms with Gasteiger partial charge in [-0.2, -0.15) is 0 Å². The van der Waals surface area contributed by atoms with E-state index in [1.165, 1.54) is 31.2 Å². The number of ketones is 1. The van der Waals surface area contributed by atoms with Gasteiger partial charge in [-0.15, -0.1) is 0 Å². The lowest BCUT2D eigenvalue weighted by molar-refractivity contribution is 0.103. The highest BCUT2D eigenvalue weighted by atomic mass is 79.9. The molecule has 0 heterocycles. The number of hydrogen-bond acceptors (Lipinski definition) is 1. The van der Waals surface area contributed by atoms with E-state index in [2.05, 4.69) is 15.9 Å². The normalized spacial score (nSPS) is 10.6. The van der Waals surface area contributed by atoms with Crippen LogP contribution >= 0.6 is 27.5 Å². The van der Waals surface area contributed by atoms with Gasteiger partial charge in [0.05, 0.1) is 10.6 Å². The second-order valence-corrected chi connectivity index (χ2v) is 5.36. The molecule has 0 saturated heterocycles. The molecule has 0 aliphatic carbocycles. The molecule has 2 aromatic carbocycles. The first-order valence-electron chi connectivity index (χ1n) is 5.35. The van der Waals surface area contributed by atoms with E-state index in [1.54, 1.807) is 0 Å². The van der Waals surface area contributed by atoms with E-state index in [-0.39, 0.29) is 21.7 Å². The molecule has 0 fully saturated rings. The van der Waals surface area contributed by atoms with Gasteiger partial charge in [0.25, 0.3) is 0 Å². The molecule has 98 valence electrons. The Hall–Kier alpha value is -1.26. The summed E-state index contributed by atoms with van der Waals surface area (Å²) >= 11 is 9.01. The molecule has 0 saturated carbocycles. The van der Waals surface area contributed by atoms with Crippen LogP contribution in [0.5, 0.6) is 0 Å². The summed E-state index contributed by atoms with van der Waals surface area (Å²) in [6.45, 7) is 1.51. The third-order valence-corrected chi connectivity index (χ3v) is 3.47. The van der Waals surface area contributed by atoms with E-state index in [0.717, 1.165) is 6.07 Å². The summed E-state index contributed by atoms with van der Waals surface area (Å²) < 4.78 is 27.5. The van der Waals surface area contributed by atoms with Crippen LogP contribution in [0, 0.1) is 18.6 Å². The average Bonchev–Trinajstić information content (AvgIpc) is 2.36. The minimum absolute atomic E-state index is 0.0347. The Morgan fingerprint density at radius 1 is 1.11 bits per heavy atom. The van der Waals surface area contributed by atoms with Crippen LogP contribution in [0.25, 0.3) is 0 Å². The Labute approximate surface area is 122 Å². The van der Waals surface area contributed by atoms with Gasteiger partial charge in [-0.05, 0) is 42.8 Å². The molecule has 5 heteroatoms. The standard InChI is InChI=1S/C14H8BrClF2O/c1-7-4-9(11(16)6-13(7)18)14(19)10-5-8(15)2-3-12(10)17/h2-6H,1H3. The minimum Gasteiger partial charge on any atom is -0.288 e. The number of benzene rings is 2. The third kappa shape index (κ3) is 2.85. The summed E-state index contributed by atoms with van der Waals surface area (Å²) in [7, 11) is 0.